The number of benzene rings is 1. The van der Waals surface area contributed by atoms with Crippen LogP contribution in [0.4, 0.5) is 15.8 Å². The predicted molar refractivity (Wildman–Crippen MR) is 117 cm³/mol. The van der Waals surface area contributed by atoms with Gasteiger partial charge in [-0.25, -0.2) is 4.39 Å². The standard InChI is InChI=1S/C22H27FN4S/c23-18-6-7-21(20(16-18)25-22(28)17-8-10-24-11-9-17)27-14-12-26(13-15-27)19-4-2-1-3-5-19/h6-11,16,19H,1-5,12-15H2,(H,25,28). The van der Waals surface area contributed by atoms with Crippen LogP contribution in [0.3, 0.4) is 0 Å². The molecule has 1 aromatic carbocycles. The fraction of sp³-hybridized carbons (Fsp3) is 0.455. The molecule has 0 radical (unpaired) electrons. The zero-order valence-corrected chi connectivity index (χ0v) is 16.9. The topological polar surface area (TPSA) is 31.4 Å². The Bertz CT molecular complexity index is 799. The Morgan fingerprint density at radius 2 is 1.71 bits per heavy atom. The molecule has 1 saturated carbocycles. The summed E-state index contributed by atoms with van der Waals surface area (Å²) in [5.74, 6) is -0.260. The maximum Gasteiger partial charge on any atom is 0.125 e. The van der Waals surface area contributed by atoms with Crippen LogP contribution in [0.15, 0.2) is 42.7 Å². The van der Waals surface area contributed by atoms with E-state index in [9.17, 15) is 4.39 Å². The quantitative estimate of drug-likeness (QED) is 0.769. The second kappa shape index (κ2) is 8.97. The molecule has 1 aliphatic heterocycles. The number of thiocarbonyl (C=S) groups is 1. The van der Waals surface area contributed by atoms with Gasteiger partial charge in [0.05, 0.1) is 11.4 Å². The molecule has 28 heavy (non-hydrogen) atoms. The van der Waals surface area contributed by atoms with Gasteiger partial charge in [0.1, 0.15) is 10.8 Å². The Morgan fingerprint density at radius 1 is 1.00 bits per heavy atom. The number of nitrogens with one attached hydrogen (secondary N) is 1. The van der Waals surface area contributed by atoms with Crippen molar-refractivity contribution >= 4 is 28.6 Å². The first-order valence-corrected chi connectivity index (χ1v) is 10.6. The summed E-state index contributed by atoms with van der Waals surface area (Å²) in [5, 5.41) is 3.25. The van der Waals surface area contributed by atoms with E-state index < -0.39 is 0 Å². The summed E-state index contributed by atoms with van der Waals surface area (Å²) in [6.07, 6.45) is 10.2. The SMILES string of the molecule is Fc1ccc(N2CCN(C3CCCCC3)CC2)c(NC(=S)c2ccncc2)c1. The van der Waals surface area contributed by atoms with Gasteiger partial charge in [0, 0.05) is 50.2 Å². The predicted octanol–water partition coefficient (Wildman–Crippen LogP) is 4.46. The zero-order chi connectivity index (χ0) is 19.3. The summed E-state index contributed by atoms with van der Waals surface area (Å²) < 4.78 is 14.0. The van der Waals surface area contributed by atoms with Gasteiger partial charge in [-0.05, 0) is 43.2 Å². The third-order valence-corrected chi connectivity index (χ3v) is 6.23. The number of piperazine rings is 1. The molecule has 1 aromatic heterocycles. The normalized spacial score (nSPS) is 18.8. The molecule has 0 unspecified atom stereocenters. The minimum atomic E-state index is -0.260. The van der Waals surface area contributed by atoms with Crippen molar-refractivity contribution < 1.29 is 4.39 Å². The molecule has 1 aliphatic carbocycles. The Balaban J connectivity index is 1.45. The lowest BCUT2D eigenvalue weighted by Crippen LogP contribution is -2.51. The first-order valence-electron chi connectivity index (χ1n) is 10.2. The maximum absolute atomic E-state index is 14.0. The van der Waals surface area contributed by atoms with Gasteiger partial charge in [-0.2, -0.15) is 0 Å². The van der Waals surface area contributed by atoms with E-state index in [4.69, 9.17) is 12.2 Å². The van der Waals surface area contributed by atoms with E-state index >= 15 is 0 Å². The minimum Gasteiger partial charge on any atom is -0.367 e. The lowest BCUT2D eigenvalue weighted by Gasteiger charge is -2.42. The van der Waals surface area contributed by atoms with Crippen molar-refractivity contribution in [3.63, 3.8) is 0 Å². The van der Waals surface area contributed by atoms with Gasteiger partial charge in [0.2, 0.25) is 0 Å². The number of hydrogen-bond acceptors (Lipinski definition) is 4. The van der Waals surface area contributed by atoms with Crippen LogP contribution in [-0.2, 0) is 0 Å². The molecule has 2 fully saturated rings. The largest absolute Gasteiger partial charge is 0.367 e. The van der Waals surface area contributed by atoms with Crippen molar-refractivity contribution in [2.75, 3.05) is 36.4 Å². The lowest BCUT2D eigenvalue weighted by atomic mass is 9.94. The number of nitrogens with zero attached hydrogens (tertiary/aromatic N) is 3. The van der Waals surface area contributed by atoms with Crippen LogP contribution in [0.1, 0.15) is 37.7 Å². The van der Waals surface area contributed by atoms with Gasteiger partial charge in [0.25, 0.3) is 0 Å². The van der Waals surface area contributed by atoms with Crippen molar-refractivity contribution in [2.24, 2.45) is 0 Å². The van der Waals surface area contributed by atoms with Crippen LogP contribution in [0.5, 0.6) is 0 Å². The van der Waals surface area contributed by atoms with Gasteiger partial charge >= 0.3 is 0 Å². The van der Waals surface area contributed by atoms with Gasteiger partial charge in [-0.15, -0.1) is 0 Å². The number of anilines is 2. The Hall–Kier alpha value is -2.05. The van der Waals surface area contributed by atoms with Crippen molar-refractivity contribution in [3.05, 3.63) is 54.1 Å². The van der Waals surface area contributed by atoms with Crippen LogP contribution in [0.2, 0.25) is 0 Å². The molecule has 2 aromatic rings. The highest BCUT2D eigenvalue weighted by atomic mass is 32.1. The Labute approximate surface area is 171 Å². The molecule has 6 heteroatoms. The highest BCUT2D eigenvalue weighted by Crippen LogP contribution is 2.30. The molecule has 2 heterocycles. The summed E-state index contributed by atoms with van der Waals surface area (Å²) in [6.45, 7) is 4.05. The van der Waals surface area contributed by atoms with E-state index in [1.54, 1.807) is 12.4 Å². The third kappa shape index (κ3) is 4.50. The van der Waals surface area contributed by atoms with Crippen molar-refractivity contribution in [3.8, 4) is 0 Å². The highest BCUT2D eigenvalue weighted by molar-refractivity contribution is 7.81. The fourth-order valence-corrected chi connectivity index (χ4v) is 4.60. The molecular weight excluding hydrogens is 371 g/mol. The van der Waals surface area contributed by atoms with Crippen molar-refractivity contribution in [2.45, 2.75) is 38.1 Å². The van der Waals surface area contributed by atoms with Crippen LogP contribution in [0, 0.1) is 5.82 Å². The second-order valence-corrected chi connectivity index (χ2v) is 8.07. The Morgan fingerprint density at radius 3 is 2.43 bits per heavy atom. The van der Waals surface area contributed by atoms with Crippen LogP contribution in [0.25, 0.3) is 0 Å². The number of rotatable bonds is 4. The Kier molecular flexibility index (Phi) is 6.17. The monoisotopic (exact) mass is 398 g/mol. The van der Waals surface area contributed by atoms with Crippen molar-refractivity contribution in [1.82, 2.24) is 9.88 Å². The highest BCUT2D eigenvalue weighted by Gasteiger charge is 2.26. The summed E-state index contributed by atoms with van der Waals surface area (Å²) >= 11 is 5.52. The fourth-order valence-electron chi connectivity index (χ4n) is 4.36. The number of halogens is 1. The average molecular weight is 399 g/mol. The molecule has 4 nitrogen and oxygen atoms in total. The first-order chi connectivity index (χ1) is 13.7. The van der Waals surface area contributed by atoms with Crippen LogP contribution < -0.4 is 10.2 Å². The molecule has 1 saturated heterocycles. The van der Waals surface area contributed by atoms with Crippen molar-refractivity contribution in [1.29, 1.82) is 0 Å². The van der Waals surface area contributed by atoms with Gasteiger partial charge in [-0.3, -0.25) is 9.88 Å². The summed E-state index contributed by atoms with van der Waals surface area (Å²) in [6, 6.07) is 9.40. The molecular formula is C22H27FN4S. The van der Waals surface area contributed by atoms with E-state index in [0.29, 0.717) is 4.99 Å². The molecule has 0 bridgehead atoms. The van der Waals surface area contributed by atoms with Crippen LogP contribution >= 0.6 is 12.2 Å². The number of aromatic nitrogens is 1. The summed E-state index contributed by atoms with van der Waals surface area (Å²) in [7, 11) is 0. The molecule has 0 atom stereocenters. The van der Waals surface area contributed by atoms with E-state index in [2.05, 4.69) is 20.1 Å². The number of hydrogen-bond donors (Lipinski definition) is 1. The molecule has 0 amide bonds. The van der Waals surface area contributed by atoms with Gasteiger partial charge in [-0.1, -0.05) is 31.5 Å². The average Bonchev–Trinajstić information content (AvgIpc) is 2.75. The van der Waals surface area contributed by atoms with Gasteiger partial charge in [0.15, 0.2) is 0 Å². The zero-order valence-electron chi connectivity index (χ0n) is 16.1. The number of pyridine rings is 1. The van der Waals surface area contributed by atoms with Crippen LogP contribution in [-0.4, -0.2) is 47.1 Å². The molecule has 1 N–H and O–H groups in total. The molecule has 2 aliphatic rings. The summed E-state index contributed by atoms with van der Waals surface area (Å²) in [5.41, 5.74) is 2.62. The van der Waals surface area contributed by atoms with E-state index in [1.165, 1.54) is 44.2 Å². The molecule has 0 spiro atoms. The lowest BCUT2D eigenvalue weighted by molar-refractivity contribution is 0.148. The maximum atomic E-state index is 14.0. The van der Waals surface area contributed by atoms with E-state index in [-0.39, 0.29) is 5.82 Å². The molecule has 148 valence electrons. The minimum absolute atomic E-state index is 0.260. The first kappa shape index (κ1) is 19.3. The summed E-state index contributed by atoms with van der Waals surface area (Å²) in [4.78, 5) is 9.59. The third-order valence-electron chi connectivity index (χ3n) is 5.90. The van der Waals surface area contributed by atoms with Gasteiger partial charge < -0.3 is 10.2 Å². The second-order valence-electron chi connectivity index (χ2n) is 7.67. The van der Waals surface area contributed by atoms with E-state index in [1.807, 2.05) is 18.2 Å². The van der Waals surface area contributed by atoms with E-state index in [0.717, 1.165) is 49.2 Å². The smallest absolute Gasteiger partial charge is 0.125 e. The molecule has 4 rings (SSSR count).